The zero-order valence-electron chi connectivity index (χ0n) is 12.0. The van der Waals surface area contributed by atoms with Gasteiger partial charge in [-0.15, -0.1) is 0 Å². The molecule has 108 valence electrons. The van der Waals surface area contributed by atoms with Gasteiger partial charge in [0.25, 0.3) is 0 Å². The summed E-state index contributed by atoms with van der Waals surface area (Å²) in [5.41, 5.74) is 2.33. The zero-order chi connectivity index (χ0) is 15.1. The van der Waals surface area contributed by atoms with E-state index in [1.54, 1.807) is 24.3 Å². The van der Waals surface area contributed by atoms with Crippen molar-refractivity contribution in [2.45, 2.75) is 26.9 Å². The number of thiocarbonyl (C=S) groups is 1. The molecule has 0 unspecified atom stereocenters. The number of hydrogen-bond donors (Lipinski definition) is 2. The Labute approximate surface area is 125 Å². The van der Waals surface area contributed by atoms with Crippen LogP contribution in [0.25, 0.3) is 0 Å². The van der Waals surface area contributed by atoms with Crippen molar-refractivity contribution in [1.82, 2.24) is 5.32 Å². The predicted octanol–water partition coefficient (Wildman–Crippen LogP) is 3.11. The van der Waals surface area contributed by atoms with Crippen LogP contribution in [0.3, 0.4) is 0 Å². The molecule has 0 radical (unpaired) electrons. The fourth-order valence-electron chi connectivity index (χ4n) is 1.38. The third-order valence-electron chi connectivity index (χ3n) is 2.27. The molecular formula is C15H20N2O2S. The highest BCUT2D eigenvalue weighted by Gasteiger charge is 2.08. The van der Waals surface area contributed by atoms with Gasteiger partial charge in [-0.3, -0.25) is 0 Å². The molecule has 1 aromatic carbocycles. The maximum absolute atomic E-state index is 11.7. The van der Waals surface area contributed by atoms with E-state index in [9.17, 15) is 4.79 Å². The summed E-state index contributed by atoms with van der Waals surface area (Å²) in [7, 11) is 0. The van der Waals surface area contributed by atoms with Crippen LogP contribution in [0.1, 0.15) is 31.1 Å². The lowest BCUT2D eigenvalue weighted by atomic mass is 10.2. The van der Waals surface area contributed by atoms with Gasteiger partial charge in [-0.2, -0.15) is 0 Å². The normalized spacial score (nSPS) is 10.0. The molecule has 0 aliphatic rings. The molecule has 0 saturated heterocycles. The van der Waals surface area contributed by atoms with Gasteiger partial charge in [-0.1, -0.05) is 12.2 Å². The van der Waals surface area contributed by atoms with Gasteiger partial charge in [-0.25, -0.2) is 4.79 Å². The molecule has 1 rings (SSSR count). The highest BCUT2D eigenvalue weighted by molar-refractivity contribution is 7.80. The van der Waals surface area contributed by atoms with Crippen LogP contribution < -0.4 is 10.6 Å². The second-order valence-corrected chi connectivity index (χ2v) is 5.20. The SMILES string of the molecule is C=C(C)CNC(=S)Nc1ccc(C(=O)OC(C)C)cc1. The van der Waals surface area contributed by atoms with Crippen molar-refractivity contribution in [2.75, 3.05) is 11.9 Å². The lowest BCUT2D eigenvalue weighted by Crippen LogP contribution is -2.29. The van der Waals surface area contributed by atoms with Crippen LogP contribution in [0, 0.1) is 0 Å². The number of rotatable bonds is 5. The molecule has 1 aromatic rings. The topological polar surface area (TPSA) is 50.4 Å². The number of hydrogen-bond acceptors (Lipinski definition) is 3. The summed E-state index contributed by atoms with van der Waals surface area (Å²) in [5, 5.41) is 6.57. The maximum atomic E-state index is 11.7. The van der Waals surface area contributed by atoms with Crippen molar-refractivity contribution in [1.29, 1.82) is 0 Å². The quantitative estimate of drug-likeness (QED) is 0.496. The maximum Gasteiger partial charge on any atom is 0.338 e. The number of esters is 1. The van der Waals surface area contributed by atoms with E-state index < -0.39 is 0 Å². The minimum absolute atomic E-state index is 0.126. The van der Waals surface area contributed by atoms with E-state index in [4.69, 9.17) is 17.0 Å². The summed E-state index contributed by atoms with van der Waals surface area (Å²) in [6.07, 6.45) is -0.126. The first-order valence-electron chi connectivity index (χ1n) is 6.38. The molecule has 0 heterocycles. The number of nitrogens with one attached hydrogen (secondary N) is 2. The highest BCUT2D eigenvalue weighted by atomic mass is 32.1. The monoisotopic (exact) mass is 292 g/mol. The van der Waals surface area contributed by atoms with Crippen molar-refractivity contribution in [3.63, 3.8) is 0 Å². The van der Waals surface area contributed by atoms with Crippen molar-refractivity contribution < 1.29 is 9.53 Å². The molecule has 0 amide bonds. The summed E-state index contributed by atoms with van der Waals surface area (Å²) < 4.78 is 5.11. The molecule has 5 heteroatoms. The van der Waals surface area contributed by atoms with Gasteiger partial charge < -0.3 is 15.4 Å². The fraction of sp³-hybridized carbons (Fsp3) is 0.333. The molecule has 0 aliphatic heterocycles. The molecule has 0 aromatic heterocycles. The van der Waals surface area contributed by atoms with Gasteiger partial charge in [0.2, 0.25) is 0 Å². The Hall–Kier alpha value is -1.88. The van der Waals surface area contributed by atoms with Crippen molar-refractivity contribution in [3.8, 4) is 0 Å². The molecular weight excluding hydrogens is 272 g/mol. The van der Waals surface area contributed by atoms with Crippen molar-refractivity contribution >= 4 is 29.0 Å². The second-order valence-electron chi connectivity index (χ2n) is 4.80. The Morgan fingerprint density at radius 1 is 1.35 bits per heavy atom. The van der Waals surface area contributed by atoms with Gasteiger partial charge in [0.05, 0.1) is 11.7 Å². The molecule has 0 aliphatic carbocycles. The van der Waals surface area contributed by atoms with E-state index in [1.807, 2.05) is 20.8 Å². The fourth-order valence-corrected chi connectivity index (χ4v) is 1.57. The largest absolute Gasteiger partial charge is 0.459 e. The Balaban J connectivity index is 2.56. The van der Waals surface area contributed by atoms with Crippen molar-refractivity contribution in [2.24, 2.45) is 0 Å². The van der Waals surface area contributed by atoms with Crippen LogP contribution in [0.15, 0.2) is 36.4 Å². The van der Waals surface area contributed by atoms with E-state index in [0.29, 0.717) is 17.2 Å². The summed E-state index contributed by atoms with van der Waals surface area (Å²) >= 11 is 5.14. The van der Waals surface area contributed by atoms with E-state index in [1.165, 1.54) is 0 Å². The van der Waals surface area contributed by atoms with E-state index >= 15 is 0 Å². The van der Waals surface area contributed by atoms with Gasteiger partial charge in [0, 0.05) is 12.2 Å². The average Bonchev–Trinajstić information content (AvgIpc) is 2.36. The third-order valence-corrected chi connectivity index (χ3v) is 2.52. The molecule has 2 N–H and O–H groups in total. The van der Waals surface area contributed by atoms with E-state index in [-0.39, 0.29) is 12.1 Å². The summed E-state index contributed by atoms with van der Waals surface area (Å²) in [5.74, 6) is -0.325. The van der Waals surface area contributed by atoms with Crippen LogP contribution in [0.4, 0.5) is 5.69 Å². The first-order valence-corrected chi connectivity index (χ1v) is 6.79. The zero-order valence-corrected chi connectivity index (χ0v) is 12.8. The molecule has 20 heavy (non-hydrogen) atoms. The number of carbonyl (C=O) groups is 1. The third kappa shape index (κ3) is 5.84. The first kappa shape index (κ1) is 16.2. The molecule has 4 nitrogen and oxygen atoms in total. The van der Waals surface area contributed by atoms with Crippen LogP contribution in [0.2, 0.25) is 0 Å². The molecule has 0 atom stereocenters. The Morgan fingerprint density at radius 3 is 2.45 bits per heavy atom. The van der Waals surface area contributed by atoms with Crippen molar-refractivity contribution in [3.05, 3.63) is 42.0 Å². The Bertz CT molecular complexity index is 495. The summed E-state index contributed by atoms with van der Waals surface area (Å²) in [6, 6.07) is 6.97. The van der Waals surface area contributed by atoms with Crippen LogP contribution in [-0.2, 0) is 4.74 Å². The first-order chi connectivity index (χ1) is 9.38. The minimum atomic E-state index is -0.325. The van der Waals surface area contributed by atoms with Gasteiger partial charge in [0.15, 0.2) is 5.11 Å². The van der Waals surface area contributed by atoms with Crippen LogP contribution >= 0.6 is 12.2 Å². The average molecular weight is 292 g/mol. The van der Waals surface area contributed by atoms with E-state index in [2.05, 4.69) is 17.2 Å². The molecule has 0 spiro atoms. The summed E-state index contributed by atoms with van der Waals surface area (Å²) in [6.45, 7) is 9.98. The Morgan fingerprint density at radius 2 is 1.95 bits per heavy atom. The molecule has 0 bridgehead atoms. The number of anilines is 1. The lowest BCUT2D eigenvalue weighted by molar-refractivity contribution is 0.0378. The number of carbonyl (C=O) groups excluding carboxylic acids is 1. The van der Waals surface area contributed by atoms with Crippen LogP contribution in [0.5, 0.6) is 0 Å². The standard InChI is InChI=1S/C15H20N2O2S/c1-10(2)9-16-15(20)17-13-7-5-12(6-8-13)14(18)19-11(3)4/h5-8,11H,1,9H2,2-4H3,(H2,16,17,20). The van der Waals surface area contributed by atoms with E-state index in [0.717, 1.165) is 11.3 Å². The van der Waals surface area contributed by atoms with Gasteiger partial charge >= 0.3 is 5.97 Å². The lowest BCUT2D eigenvalue weighted by Gasteiger charge is -2.11. The van der Waals surface area contributed by atoms with Crippen LogP contribution in [-0.4, -0.2) is 23.7 Å². The highest BCUT2D eigenvalue weighted by Crippen LogP contribution is 2.11. The Kier molecular flexibility index (Phi) is 6.18. The predicted molar refractivity (Wildman–Crippen MR) is 86.0 cm³/mol. The summed E-state index contributed by atoms with van der Waals surface area (Å²) in [4.78, 5) is 11.7. The minimum Gasteiger partial charge on any atom is -0.459 e. The number of ether oxygens (including phenoxy) is 1. The van der Waals surface area contributed by atoms with Gasteiger partial charge in [0.1, 0.15) is 0 Å². The second kappa shape index (κ2) is 7.65. The molecule has 0 fully saturated rings. The number of benzene rings is 1. The smallest absolute Gasteiger partial charge is 0.338 e. The van der Waals surface area contributed by atoms with Gasteiger partial charge in [-0.05, 0) is 57.3 Å². The molecule has 0 saturated carbocycles.